The molecular weight excluding hydrogens is 488 g/mol. The Balaban J connectivity index is 1.38. The molecule has 0 fully saturated rings. The standard InChI is InChI=1S/C27H22N6O3S/c1-3-24(34)30-17-10-8-16(9-11-17)21-12-13-22-26(31-21)37-27(32-22)33-25(35)20-15-29-28-14-19(20)18-6-4-5-7-23(18)36-2/h4-15H,3H2,1-2H3,(H,30,34)(H,32,33,35). The van der Waals surface area contributed by atoms with Gasteiger partial charge in [-0.15, -0.1) is 0 Å². The van der Waals surface area contributed by atoms with Crippen LogP contribution in [0, 0.1) is 0 Å². The summed E-state index contributed by atoms with van der Waals surface area (Å²) in [6.45, 7) is 1.81. The zero-order chi connectivity index (χ0) is 25.8. The van der Waals surface area contributed by atoms with Crippen molar-refractivity contribution in [3.8, 4) is 28.1 Å². The molecule has 37 heavy (non-hydrogen) atoms. The van der Waals surface area contributed by atoms with Crippen molar-refractivity contribution in [2.24, 2.45) is 0 Å². The number of amides is 2. The summed E-state index contributed by atoms with van der Waals surface area (Å²) >= 11 is 1.28. The average Bonchev–Trinajstić information content (AvgIpc) is 3.34. The highest BCUT2D eigenvalue weighted by Crippen LogP contribution is 2.33. The van der Waals surface area contributed by atoms with Gasteiger partial charge < -0.3 is 10.1 Å². The molecule has 0 unspecified atom stereocenters. The van der Waals surface area contributed by atoms with E-state index in [4.69, 9.17) is 9.72 Å². The number of hydrogen-bond acceptors (Lipinski definition) is 8. The molecule has 2 aromatic carbocycles. The van der Waals surface area contributed by atoms with Gasteiger partial charge in [-0.2, -0.15) is 10.2 Å². The number of methoxy groups -OCH3 is 1. The molecule has 0 radical (unpaired) electrons. The first-order valence-electron chi connectivity index (χ1n) is 11.5. The third kappa shape index (κ3) is 5.14. The molecule has 3 heterocycles. The van der Waals surface area contributed by atoms with Gasteiger partial charge in [-0.05, 0) is 30.3 Å². The summed E-state index contributed by atoms with van der Waals surface area (Å²) in [7, 11) is 1.58. The van der Waals surface area contributed by atoms with Crippen molar-refractivity contribution in [3.63, 3.8) is 0 Å². The molecule has 3 aromatic heterocycles. The Kier molecular flexibility index (Phi) is 6.82. The number of aromatic nitrogens is 4. The van der Waals surface area contributed by atoms with Crippen LogP contribution in [0.3, 0.4) is 0 Å². The summed E-state index contributed by atoms with van der Waals surface area (Å²) in [5, 5.41) is 14.0. The maximum atomic E-state index is 13.2. The predicted molar refractivity (Wildman–Crippen MR) is 144 cm³/mol. The van der Waals surface area contributed by atoms with Gasteiger partial charge in [-0.25, -0.2) is 9.97 Å². The van der Waals surface area contributed by atoms with Crippen molar-refractivity contribution < 1.29 is 14.3 Å². The zero-order valence-corrected chi connectivity index (χ0v) is 20.9. The highest BCUT2D eigenvalue weighted by atomic mass is 32.1. The predicted octanol–water partition coefficient (Wildman–Crippen LogP) is 5.42. The third-order valence-corrected chi connectivity index (χ3v) is 6.51. The maximum absolute atomic E-state index is 13.2. The molecular formula is C27H22N6O3S. The lowest BCUT2D eigenvalue weighted by molar-refractivity contribution is -0.115. The largest absolute Gasteiger partial charge is 0.496 e. The van der Waals surface area contributed by atoms with Crippen molar-refractivity contribution >= 4 is 44.3 Å². The number of nitrogens with one attached hydrogen (secondary N) is 2. The Hall–Kier alpha value is -4.70. The lowest BCUT2D eigenvalue weighted by Crippen LogP contribution is -2.14. The van der Waals surface area contributed by atoms with E-state index in [-0.39, 0.29) is 11.8 Å². The Morgan fingerprint density at radius 3 is 2.46 bits per heavy atom. The number of carbonyl (C=O) groups is 2. The van der Waals surface area contributed by atoms with Crippen LogP contribution in [-0.4, -0.2) is 39.1 Å². The van der Waals surface area contributed by atoms with E-state index in [9.17, 15) is 9.59 Å². The number of anilines is 2. The SMILES string of the molecule is CCC(=O)Nc1ccc(-c2ccc3nc(NC(=O)c4cnncc4-c4ccccc4OC)sc3n2)cc1. The molecule has 0 spiro atoms. The molecule has 2 amide bonds. The van der Waals surface area contributed by atoms with Crippen LogP contribution in [0.15, 0.2) is 73.1 Å². The Morgan fingerprint density at radius 1 is 0.892 bits per heavy atom. The fourth-order valence-electron chi connectivity index (χ4n) is 3.75. The molecule has 10 heteroatoms. The van der Waals surface area contributed by atoms with E-state index >= 15 is 0 Å². The number of para-hydroxylation sites is 1. The molecule has 0 aliphatic rings. The van der Waals surface area contributed by atoms with Crippen LogP contribution >= 0.6 is 11.3 Å². The van der Waals surface area contributed by atoms with Crippen LogP contribution in [0.5, 0.6) is 5.75 Å². The van der Waals surface area contributed by atoms with E-state index in [0.717, 1.165) is 22.5 Å². The average molecular weight is 511 g/mol. The van der Waals surface area contributed by atoms with Gasteiger partial charge in [0.05, 0.1) is 30.8 Å². The summed E-state index contributed by atoms with van der Waals surface area (Å²) in [6, 6.07) is 18.6. The van der Waals surface area contributed by atoms with Crippen LogP contribution in [0.25, 0.3) is 32.7 Å². The van der Waals surface area contributed by atoms with Crippen molar-refractivity contribution in [1.29, 1.82) is 0 Å². The number of carbonyl (C=O) groups excluding carboxylic acids is 2. The monoisotopic (exact) mass is 510 g/mol. The van der Waals surface area contributed by atoms with Gasteiger partial charge >= 0.3 is 0 Å². The molecule has 2 N–H and O–H groups in total. The van der Waals surface area contributed by atoms with Crippen LogP contribution in [-0.2, 0) is 4.79 Å². The summed E-state index contributed by atoms with van der Waals surface area (Å²) < 4.78 is 5.45. The Labute approximate surface area is 216 Å². The summed E-state index contributed by atoms with van der Waals surface area (Å²) in [5.41, 5.74) is 4.76. The zero-order valence-electron chi connectivity index (χ0n) is 20.1. The minimum Gasteiger partial charge on any atom is -0.496 e. The smallest absolute Gasteiger partial charge is 0.259 e. The van der Waals surface area contributed by atoms with E-state index in [1.165, 1.54) is 23.7 Å². The van der Waals surface area contributed by atoms with Crippen molar-refractivity contribution in [1.82, 2.24) is 20.2 Å². The lowest BCUT2D eigenvalue weighted by atomic mass is 10.0. The fourth-order valence-corrected chi connectivity index (χ4v) is 4.59. The fraction of sp³-hybridized carbons (Fsp3) is 0.111. The molecule has 0 bridgehead atoms. The summed E-state index contributed by atoms with van der Waals surface area (Å²) in [5.74, 6) is 0.228. The number of ether oxygens (including phenoxy) is 1. The Morgan fingerprint density at radius 2 is 1.68 bits per heavy atom. The minimum absolute atomic E-state index is 0.0379. The second-order valence-corrected chi connectivity index (χ2v) is 8.97. The van der Waals surface area contributed by atoms with Crippen LogP contribution in [0.2, 0.25) is 0 Å². The molecule has 184 valence electrons. The number of hydrogen-bond donors (Lipinski definition) is 2. The first-order chi connectivity index (χ1) is 18.1. The molecule has 9 nitrogen and oxygen atoms in total. The van der Waals surface area contributed by atoms with E-state index in [0.29, 0.717) is 38.8 Å². The quantitative estimate of drug-likeness (QED) is 0.300. The van der Waals surface area contributed by atoms with E-state index < -0.39 is 0 Å². The highest BCUT2D eigenvalue weighted by Gasteiger charge is 2.18. The molecule has 0 saturated heterocycles. The third-order valence-electron chi connectivity index (χ3n) is 5.63. The van der Waals surface area contributed by atoms with Gasteiger partial charge in [0, 0.05) is 28.8 Å². The first-order valence-corrected chi connectivity index (χ1v) is 12.3. The van der Waals surface area contributed by atoms with E-state index in [2.05, 4.69) is 25.8 Å². The van der Waals surface area contributed by atoms with Gasteiger partial charge in [0.15, 0.2) is 5.13 Å². The summed E-state index contributed by atoms with van der Waals surface area (Å²) in [4.78, 5) is 34.7. The van der Waals surface area contributed by atoms with Gasteiger partial charge in [-0.3, -0.25) is 14.9 Å². The van der Waals surface area contributed by atoms with E-state index in [1.807, 2.05) is 67.6 Å². The second-order valence-electron chi connectivity index (χ2n) is 7.99. The van der Waals surface area contributed by atoms with Gasteiger partial charge in [0.1, 0.15) is 16.1 Å². The molecule has 0 aliphatic carbocycles. The van der Waals surface area contributed by atoms with E-state index in [1.54, 1.807) is 7.11 Å². The lowest BCUT2D eigenvalue weighted by Gasteiger charge is -2.11. The van der Waals surface area contributed by atoms with Crippen molar-refractivity contribution in [2.45, 2.75) is 13.3 Å². The van der Waals surface area contributed by atoms with Crippen molar-refractivity contribution in [2.75, 3.05) is 17.7 Å². The normalized spacial score (nSPS) is 10.8. The second kappa shape index (κ2) is 10.5. The topological polar surface area (TPSA) is 119 Å². The summed E-state index contributed by atoms with van der Waals surface area (Å²) in [6.07, 6.45) is 3.38. The molecule has 0 saturated carbocycles. The van der Waals surface area contributed by atoms with Crippen LogP contribution < -0.4 is 15.4 Å². The van der Waals surface area contributed by atoms with Crippen molar-refractivity contribution in [3.05, 3.63) is 78.6 Å². The highest BCUT2D eigenvalue weighted by molar-refractivity contribution is 7.22. The number of thiazole rings is 1. The van der Waals surface area contributed by atoms with Gasteiger partial charge in [0.25, 0.3) is 5.91 Å². The number of fused-ring (bicyclic) bond motifs is 1. The molecule has 0 aliphatic heterocycles. The number of benzene rings is 2. The molecule has 5 rings (SSSR count). The van der Waals surface area contributed by atoms with Crippen LogP contribution in [0.1, 0.15) is 23.7 Å². The maximum Gasteiger partial charge on any atom is 0.259 e. The molecule has 5 aromatic rings. The first kappa shape index (κ1) is 24.0. The number of pyridine rings is 1. The number of nitrogens with zero attached hydrogens (tertiary/aromatic N) is 4. The number of rotatable bonds is 7. The minimum atomic E-state index is -0.361. The molecule has 0 atom stereocenters. The van der Waals surface area contributed by atoms with Gasteiger partial charge in [-0.1, -0.05) is 48.6 Å². The Bertz CT molecular complexity index is 1600. The van der Waals surface area contributed by atoms with Gasteiger partial charge in [0.2, 0.25) is 5.91 Å². The van der Waals surface area contributed by atoms with Crippen LogP contribution in [0.4, 0.5) is 10.8 Å².